The molecule has 2 saturated heterocycles. The Morgan fingerprint density at radius 2 is 2.09 bits per heavy atom. The van der Waals surface area contributed by atoms with Crippen molar-refractivity contribution in [1.82, 2.24) is 4.90 Å². The Labute approximate surface area is 137 Å². The van der Waals surface area contributed by atoms with E-state index in [4.69, 9.17) is 4.74 Å². The van der Waals surface area contributed by atoms with Gasteiger partial charge in [0.25, 0.3) is 0 Å². The zero-order chi connectivity index (χ0) is 15.5. The summed E-state index contributed by atoms with van der Waals surface area (Å²) in [4.78, 5) is 28.6. The first-order valence-electron chi connectivity index (χ1n) is 7.53. The summed E-state index contributed by atoms with van der Waals surface area (Å²) in [6, 6.07) is 7.95. The largest absolute Gasteiger partial charge is 0.453 e. The van der Waals surface area contributed by atoms with Crippen LogP contribution >= 0.6 is 15.9 Å². The lowest BCUT2D eigenvalue weighted by molar-refractivity contribution is -0.123. The van der Waals surface area contributed by atoms with Crippen LogP contribution in [0.15, 0.2) is 24.3 Å². The number of piperidine rings is 1. The van der Waals surface area contributed by atoms with Crippen LogP contribution in [0.3, 0.4) is 0 Å². The number of hydrogen-bond acceptors (Lipinski definition) is 3. The summed E-state index contributed by atoms with van der Waals surface area (Å²) < 4.78 is 4.58. The number of alkyl halides is 1. The quantitative estimate of drug-likeness (QED) is 0.665. The molecule has 0 aliphatic carbocycles. The molecule has 6 heteroatoms. The highest BCUT2D eigenvalue weighted by molar-refractivity contribution is 9.09. The van der Waals surface area contributed by atoms with E-state index in [1.807, 2.05) is 23.1 Å². The second-order valence-electron chi connectivity index (χ2n) is 6.09. The summed E-state index contributed by atoms with van der Waals surface area (Å²) in [5, 5.41) is 0. The number of para-hydroxylation sites is 1. The van der Waals surface area contributed by atoms with Gasteiger partial charge in [-0.25, -0.2) is 4.79 Å². The molecule has 1 spiro atoms. The van der Waals surface area contributed by atoms with Crippen LogP contribution in [-0.4, -0.2) is 36.2 Å². The summed E-state index contributed by atoms with van der Waals surface area (Å²) >= 11 is 3.93. The molecule has 3 aliphatic rings. The first-order chi connectivity index (χ1) is 10.6. The van der Waals surface area contributed by atoms with Crippen molar-refractivity contribution in [3.8, 4) is 0 Å². The predicted octanol–water partition coefficient (Wildman–Crippen LogP) is 2.98. The lowest BCUT2D eigenvalue weighted by Gasteiger charge is -2.49. The van der Waals surface area contributed by atoms with E-state index in [1.54, 1.807) is 4.90 Å². The van der Waals surface area contributed by atoms with Crippen LogP contribution in [-0.2, 0) is 13.9 Å². The van der Waals surface area contributed by atoms with Crippen molar-refractivity contribution in [2.45, 2.75) is 35.7 Å². The van der Waals surface area contributed by atoms with E-state index in [-0.39, 0.29) is 12.0 Å². The minimum atomic E-state index is -0.681. The zero-order valence-corrected chi connectivity index (χ0v) is 13.9. The van der Waals surface area contributed by atoms with Crippen LogP contribution in [0.2, 0.25) is 0 Å². The van der Waals surface area contributed by atoms with Gasteiger partial charge in [-0.3, -0.25) is 14.6 Å². The molecule has 5 nitrogen and oxygen atoms in total. The van der Waals surface area contributed by atoms with Crippen molar-refractivity contribution >= 4 is 33.6 Å². The zero-order valence-electron chi connectivity index (χ0n) is 12.3. The number of fused-ring (bicyclic) bond motifs is 3. The van der Waals surface area contributed by atoms with Crippen molar-refractivity contribution in [2.24, 2.45) is 0 Å². The molecule has 3 heterocycles. The smallest absolute Gasteiger partial charge is 0.411 e. The van der Waals surface area contributed by atoms with Crippen LogP contribution < -0.4 is 4.90 Å². The summed E-state index contributed by atoms with van der Waals surface area (Å²) in [5.74, 6) is 0.0795. The number of benzene rings is 1. The van der Waals surface area contributed by atoms with Gasteiger partial charge < -0.3 is 4.74 Å². The van der Waals surface area contributed by atoms with Crippen LogP contribution in [0.4, 0.5) is 10.5 Å². The summed E-state index contributed by atoms with van der Waals surface area (Å²) in [6.07, 6.45) is 2.46. The van der Waals surface area contributed by atoms with Gasteiger partial charge in [0, 0.05) is 13.0 Å². The van der Waals surface area contributed by atoms with Crippen LogP contribution in [0, 0.1) is 0 Å². The highest BCUT2D eigenvalue weighted by Gasteiger charge is 2.70. The highest BCUT2D eigenvalue weighted by atomic mass is 79.9. The monoisotopic (exact) mass is 364 g/mol. The van der Waals surface area contributed by atoms with Gasteiger partial charge in [0.15, 0.2) is 0 Å². The Hall–Kier alpha value is -1.56. The molecule has 0 N–H and O–H groups in total. The standard InChI is InChI=1S/C16H17BrN2O3/c1-22-14(21)18-10-9-15(17)11-5-2-3-6-12(11)19-13(20)7-4-8-16(15,18)19/h2-3,5-6H,4,7-10H2,1H3/t15-,16-/m0/s1. The van der Waals surface area contributed by atoms with Gasteiger partial charge in [-0.2, -0.15) is 0 Å². The molecule has 3 aliphatic heterocycles. The number of halogens is 1. The molecule has 0 bridgehead atoms. The number of likely N-dealkylation sites (tertiary alicyclic amines) is 1. The average molecular weight is 365 g/mol. The van der Waals surface area contributed by atoms with Crippen LogP contribution in [0.5, 0.6) is 0 Å². The average Bonchev–Trinajstić information content (AvgIpc) is 2.93. The van der Waals surface area contributed by atoms with E-state index < -0.39 is 9.99 Å². The lowest BCUT2D eigenvalue weighted by Crippen LogP contribution is -2.66. The molecule has 1 aromatic rings. The second kappa shape index (κ2) is 4.47. The Balaban J connectivity index is 1.98. The minimum absolute atomic E-state index is 0.0795. The first-order valence-corrected chi connectivity index (χ1v) is 8.32. The molecule has 0 radical (unpaired) electrons. The van der Waals surface area contributed by atoms with E-state index in [2.05, 4.69) is 22.0 Å². The molecule has 0 saturated carbocycles. The van der Waals surface area contributed by atoms with Crippen LogP contribution in [0.25, 0.3) is 0 Å². The topological polar surface area (TPSA) is 49.9 Å². The van der Waals surface area contributed by atoms with Gasteiger partial charge in [0.2, 0.25) is 5.91 Å². The number of amides is 2. The van der Waals surface area contributed by atoms with Gasteiger partial charge in [0.05, 0.1) is 17.1 Å². The number of carbonyl (C=O) groups is 2. The third-order valence-electron chi connectivity index (χ3n) is 5.26. The van der Waals surface area contributed by atoms with E-state index in [0.717, 1.165) is 30.5 Å². The fourth-order valence-electron chi connectivity index (χ4n) is 4.45. The number of nitrogens with zero attached hydrogens (tertiary/aromatic N) is 2. The number of rotatable bonds is 0. The van der Waals surface area contributed by atoms with Gasteiger partial charge >= 0.3 is 6.09 Å². The van der Waals surface area contributed by atoms with Crippen molar-refractivity contribution in [3.05, 3.63) is 29.8 Å². The predicted molar refractivity (Wildman–Crippen MR) is 84.8 cm³/mol. The maximum Gasteiger partial charge on any atom is 0.411 e. The molecular formula is C16H17BrN2O3. The Bertz CT molecular complexity index is 679. The summed E-state index contributed by atoms with van der Waals surface area (Å²) in [6.45, 7) is 0.579. The van der Waals surface area contributed by atoms with E-state index in [9.17, 15) is 9.59 Å². The highest BCUT2D eigenvalue weighted by Crippen LogP contribution is 2.64. The fourth-order valence-corrected chi connectivity index (χ4v) is 5.55. The molecule has 2 amide bonds. The maximum absolute atomic E-state index is 12.7. The molecule has 0 unspecified atom stereocenters. The number of carbonyl (C=O) groups excluding carboxylic acids is 2. The summed E-state index contributed by atoms with van der Waals surface area (Å²) in [5.41, 5.74) is 1.33. The Morgan fingerprint density at radius 1 is 1.32 bits per heavy atom. The van der Waals surface area contributed by atoms with Crippen molar-refractivity contribution in [2.75, 3.05) is 18.6 Å². The first kappa shape index (κ1) is 14.1. The third kappa shape index (κ3) is 1.39. The summed E-state index contributed by atoms with van der Waals surface area (Å²) in [7, 11) is 1.39. The van der Waals surface area contributed by atoms with Gasteiger partial charge in [0.1, 0.15) is 5.66 Å². The number of ether oxygens (including phenoxy) is 1. The maximum atomic E-state index is 12.7. The number of hydrogen-bond donors (Lipinski definition) is 0. The molecule has 0 aromatic heterocycles. The molecular weight excluding hydrogens is 348 g/mol. The van der Waals surface area contributed by atoms with Gasteiger partial charge in [-0.1, -0.05) is 34.1 Å². The van der Waals surface area contributed by atoms with E-state index in [1.165, 1.54) is 7.11 Å². The van der Waals surface area contributed by atoms with Gasteiger partial charge in [-0.15, -0.1) is 0 Å². The molecule has 2 atom stereocenters. The third-order valence-corrected chi connectivity index (χ3v) is 6.72. The van der Waals surface area contributed by atoms with Crippen LogP contribution in [0.1, 0.15) is 31.2 Å². The Morgan fingerprint density at radius 3 is 2.86 bits per heavy atom. The number of methoxy groups -OCH3 is 1. The number of anilines is 1. The van der Waals surface area contributed by atoms with E-state index in [0.29, 0.717) is 13.0 Å². The lowest BCUT2D eigenvalue weighted by atomic mass is 9.84. The SMILES string of the molecule is COC(=O)N1CC[C@]2(Br)c3ccccc3N3C(=O)CCC[C@]132. The second-order valence-corrected chi connectivity index (χ2v) is 7.44. The molecule has 2 fully saturated rings. The van der Waals surface area contributed by atoms with Gasteiger partial charge in [-0.05, 0) is 30.9 Å². The van der Waals surface area contributed by atoms with Crippen molar-refractivity contribution in [3.63, 3.8) is 0 Å². The normalized spacial score (nSPS) is 32.5. The molecule has 4 rings (SSSR count). The van der Waals surface area contributed by atoms with Crippen molar-refractivity contribution < 1.29 is 14.3 Å². The molecule has 116 valence electrons. The Kier molecular flexibility index (Phi) is 2.86. The fraction of sp³-hybridized carbons (Fsp3) is 0.500. The van der Waals surface area contributed by atoms with E-state index >= 15 is 0 Å². The minimum Gasteiger partial charge on any atom is -0.453 e. The van der Waals surface area contributed by atoms with Crippen molar-refractivity contribution in [1.29, 1.82) is 0 Å². The molecule has 1 aromatic carbocycles. The molecule has 22 heavy (non-hydrogen) atoms.